The van der Waals surface area contributed by atoms with E-state index < -0.39 is 0 Å². The normalized spacial score (nSPS) is 11.1. The Bertz CT molecular complexity index is 1000. The van der Waals surface area contributed by atoms with E-state index in [0.717, 1.165) is 34.2 Å². The van der Waals surface area contributed by atoms with E-state index in [2.05, 4.69) is 54.4 Å². The van der Waals surface area contributed by atoms with Gasteiger partial charge in [-0.15, -0.1) is 0 Å². The van der Waals surface area contributed by atoms with E-state index in [1.807, 2.05) is 24.3 Å². The molecular formula is C21H17ClN2. The van der Waals surface area contributed by atoms with Crippen LogP contribution >= 0.6 is 11.6 Å². The average Bonchev–Trinajstić information content (AvgIpc) is 2.96. The first-order valence-corrected chi connectivity index (χ1v) is 8.36. The van der Waals surface area contributed by atoms with Gasteiger partial charge in [0.1, 0.15) is 5.82 Å². The maximum atomic E-state index is 5.97. The van der Waals surface area contributed by atoms with Crippen LogP contribution in [0.3, 0.4) is 0 Å². The molecule has 0 amide bonds. The van der Waals surface area contributed by atoms with Crippen molar-refractivity contribution in [2.24, 2.45) is 0 Å². The molecule has 0 radical (unpaired) electrons. The second kappa shape index (κ2) is 6.14. The van der Waals surface area contributed by atoms with Crippen LogP contribution in [0.5, 0.6) is 0 Å². The lowest BCUT2D eigenvalue weighted by Crippen LogP contribution is -1.91. The van der Waals surface area contributed by atoms with Gasteiger partial charge in [-0.1, -0.05) is 66.2 Å². The highest BCUT2D eigenvalue weighted by Crippen LogP contribution is 2.24. The van der Waals surface area contributed by atoms with E-state index in [9.17, 15) is 0 Å². The molecule has 1 aromatic heterocycles. The number of nitrogens with zero attached hydrogens (tertiary/aromatic N) is 1. The van der Waals surface area contributed by atoms with E-state index in [-0.39, 0.29) is 0 Å². The Balaban J connectivity index is 1.64. The molecule has 4 rings (SSSR count). The molecule has 0 spiro atoms. The van der Waals surface area contributed by atoms with Crippen LogP contribution in [-0.2, 0) is 6.42 Å². The fourth-order valence-electron chi connectivity index (χ4n) is 3.04. The Morgan fingerprint density at radius 3 is 2.46 bits per heavy atom. The Hall–Kier alpha value is -2.58. The van der Waals surface area contributed by atoms with Crippen LogP contribution in [0.15, 0.2) is 66.7 Å². The standard InChI is InChI=1S/C21H17ClN2/c1-14-21(17-8-10-19(22)11-9-17)24-20(23-14)13-15-6-7-16-4-2-3-5-18(16)12-15/h2-12H,13H2,1H3,(H,23,24). The van der Waals surface area contributed by atoms with Crippen molar-refractivity contribution in [2.75, 3.05) is 0 Å². The van der Waals surface area contributed by atoms with Crippen molar-refractivity contribution in [2.45, 2.75) is 13.3 Å². The maximum Gasteiger partial charge on any atom is 0.111 e. The van der Waals surface area contributed by atoms with Gasteiger partial charge in [-0.3, -0.25) is 0 Å². The highest BCUT2D eigenvalue weighted by Gasteiger charge is 2.10. The number of fused-ring (bicyclic) bond motifs is 1. The fraction of sp³-hybridized carbons (Fsp3) is 0.0952. The molecule has 3 aromatic carbocycles. The molecule has 2 nitrogen and oxygen atoms in total. The largest absolute Gasteiger partial charge is 0.345 e. The van der Waals surface area contributed by atoms with Crippen molar-refractivity contribution < 1.29 is 0 Å². The smallest absolute Gasteiger partial charge is 0.111 e. The second-order valence-corrected chi connectivity index (χ2v) is 6.46. The lowest BCUT2D eigenvalue weighted by Gasteiger charge is -2.02. The molecule has 0 saturated heterocycles. The number of aromatic nitrogens is 2. The van der Waals surface area contributed by atoms with E-state index >= 15 is 0 Å². The highest BCUT2D eigenvalue weighted by molar-refractivity contribution is 6.30. The summed E-state index contributed by atoms with van der Waals surface area (Å²) >= 11 is 5.97. The van der Waals surface area contributed by atoms with Gasteiger partial charge >= 0.3 is 0 Å². The summed E-state index contributed by atoms with van der Waals surface area (Å²) in [7, 11) is 0. The lowest BCUT2D eigenvalue weighted by molar-refractivity contribution is 1.02. The summed E-state index contributed by atoms with van der Waals surface area (Å²) in [4.78, 5) is 8.20. The number of aryl methyl sites for hydroxylation is 1. The van der Waals surface area contributed by atoms with Gasteiger partial charge < -0.3 is 4.98 Å². The van der Waals surface area contributed by atoms with Crippen LogP contribution in [0.2, 0.25) is 5.02 Å². The Morgan fingerprint density at radius 1 is 0.917 bits per heavy atom. The van der Waals surface area contributed by atoms with Crippen LogP contribution in [-0.4, -0.2) is 9.97 Å². The van der Waals surface area contributed by atoms with Gasteiger partial charge in [0.15, 0.2) is 0 Å². The van der Waals surface area contributed by atoms with Gasteiger partial charge in [-0.2, -0.15) is 0 Å². The van der Waals surface area contributed by atoms with Crippen molar-refractivity contribution in [1.29, 1.82) is 0 Å². The number of nitrogens with one attached hydrogen (secondary N) is 1. The quantitative estimate of drug-likeness (QED) is 0.506. The molecule has 118 valence electrons. The molecule has 0 fully saturated rings. The van der Waals surface area contributed by atoms with Gasteiger partial charge in [0.2, 0.25) is 0 Å². The third kappa shape index (κ3) is 2.93. The molecule has 24 heavy (non-hydrogen) atoms. The predicted molar refractivity (Wildman–Crippen MR) is 101 cm³/mol. The topological polar surface area (TPSA) is 28.7 Å². The molecule has 0 unspecified atom stereocenters. The van der Waals surface area contributed by atoms with Gasteiger partial charge in [0.05, 0.1) is 5.69 Å². The molecular weight excluding hydrogens is 316 g/mol. The third-order valence-electron chi connectivity index (χ3n) is 4.24. The second-order valence-electron chi connectivity index (χ2n) is 6.02. The van der Waals surface area contributed by atoms with E-state index in [1.165, 1.54) is 16.3 Å². The summed E-state index contributed by atoms with van der Waals surface area (Å²) in [5.41, 5.74) is 4.40. The lowest BCUT2D eigenvalue weighted by atomic mass is 10.1. The summed E-state index contributed by atoms with van der Waals surface area (Å²) in [5.74, 6) is 0.979. The minimum absolute atomic E-state index is 0.739. The molecule has 1 N–H and O–H groups in total. The Labute approximate surface area is 146 Å². The molecule has 0 saturated carbocycles. The van der Waals surface area contributed by atoms with E-state index in [1.54, 1.807) is 0 Å². The van der Waals surface area contributed by atoms with Crippen LogP contribution < -0.4 is 0 Å². The molecule has 1 heterocycles. The maximum absolute atomic E-state index is 5.97. The third-order valence-corrected chi connectivity index (χ3v) is 4.49. The van der Waals surface area contributed by atoms with Gasteiger partial charge in [-0.25, -0.2) is 4.98 Å². The fourth-order valence-corrected chi connectivity index (χ4v) is 3.16. The number of hydrogen-bond acceptors (Lipinski definition) is 1. The van der Waals surface area contributed by atoms with Crippen molar-refractivity contribution in [3.05, 3.63) is 88.8 Å². The first kappa shape index (κ1) is 15.0. The number of halogens is 1. The number of aromatic amines is 1. The minimum Gasteiger partial charge on any atom is -0.345 e. The highest BCUT2D eigenvalue weighted by atomic mass is 35.5. The minimum atomic E-state index is 0.739. The molecule has 0 aliphatic rings. The number of rotatable bonds is 3. The van der Waals surface area contributed by atoms with Gasteiger partial charge in [0, 0.05) is 22.7 Å². The van der Waals surface area contributed by atoms with Gasteiger partial charge in [0.25, 0.3) is 0 Å². The summed E-state index contributed by atoms with van der Waals surface area (Å²) in [6.45, 7) is 2.06. The number of H-pyrrole nitrogens is 1. The van der Waals surface area contributed by atoms with E-state index in [4.69, 9.17) is 16.6 Å². The average molecular weight is 333 g/mol. The zero-order valence-corrected chi connectivity index (χ0v) is 14.1. The summed E-state index contributed by atoms with van der Waals surface area (Å²) in [6.07, 6.45) is 0.791. The number of benzene rings is 3. The molecule has 0 atom stereocenters. The van der Waals surface area contributed by atoms with Crippen molar-refractivity contribution in [3.63, 3.8) is 0 Å². The molecule has 4 aromatic rings. The molecule has 0 bridgehead atoms. The van der Waals surface area contributed by atoms with Crippen molar-refractivity contribution >= 4 is 22.4 Å². The van der Waals surface area contributed by atoms with Crippen LogP contribution in [0, 0.1) is 6.92 Å². The van der Waals surface area contributed by atoms with Crippen LogP contribution in [0.4, 0.5) is 0 Å². The van der Waals surface area contributed by atoms with Crippen LogP contribution in [0.25, 0.3) is 22.0 Å². The zero-order valence-electron chi connectivity index (χ0n) is 13.4. The van der Waals surface area contributed by atoms with Crippen molar-refractivity contribution in [3.8, 4) is 11.3 Å². The predicted octanol–water partition coefficient (Wildman–Crippen LogP) is 5.78. The monoisotopic (exact) mass is 332 g/mol. The summed E-state index contributed by atoms with van der Waals surface area (Å²) in [5, 5.41) is 3.26. The molecule has 0 aliphatic heterocycles. The molecule has 0 aliphatic carbocycles. The SMILES string of the molecule is Cc1[nH]c(Cc2ccc3ccccc3c2)nc1-c1ccc(Cl)cc1. The van der Waals surface area contributed by atoms with Crippen LogP contribution in [0.1, 0.15) is 17.1 Å². The summed E-state index contributed by atoms with van der Waals surface area (Å²) in [6, 6.07) is 22.8. The van der Waals surface area contributed by atoms with E-state index in [0.29, 0.717) is 0 Å². The Morgan fingerprint density at radius 2 is 1.67 bits per heavy atom. The first-order valence-electron chi connectivity index (χ1n) is 7.98. The first-order chi connectivity index (χ1) is 11.7. The van der Waals surface area contributed by atoms with Crippen molar-refractivity contribution in [1.82, 2.24) is 9.97 Å². The number of imidazole rings is 1. The Kier molecular flexibility index (Phi) is 3.83. The number of hydrogen-bond donors (Lipinski definition) is 1. The van der Waals surface area contributed by atoms with Gasteiger partial charge in [-0.05, 0) is 35.4 Å². The molecule has 3 heteroatoms. The summed E-state index contributed by atoms with van der Waals surface area (Å²) < 4.78 is 0. The zero-order chi connectivity index (χ0) is 16.5.